The zero-order valence-electron chi connectivity index (χ0n) is 16.3. The molecule has 4 rings (SSSR count). The topological polar surface area (TPSA) is 82.5 Å². The lowest BCUT2D eigenvalue weighted by Crippen LogP contribution is -2.35. The average Bonchev–Trinajstić information content (AvgIpc) is 2.74. The number of likely N-dealkylation sites (tertiary alicyclic amines) is 1. The maximum atomic E-state index is 13.2. The number of aromatic carboxylic acids is 1. The summed E-state index contributed by atoms with van der Waals surface area (Å²) in [5, 5.41) is 14.2. The van der Waals surface area contributed by atoms with Crippen LogP contribution >= 0.6 is 0 Å². The van der Waals surface area contributed by atoms with Crippen molar-refractivity contribution in [3.63, 3.8) is 0 Å². The second kappa shape index (κ2) is 7.91. The molecule has 1 aromatic heterocycles. The number of rotatable bonds is 4. The summed E-state index contributed by atoms with van der Waals surface area (Å²) in [6.07, 6.45) is 4.88. The number of aryl methyl sites for hydroxylation is 1. The van der Waals surface area contributed by atoms with Crippen LogP contribution in [0, 0.1) is 6.92 Å². The fourth-order valence-electron chi connectivity index (χ4n) is 3.88. The van der Waals surface area contributed by atoms with Crippen molar-refractivity contribution in [2.45, 2.75) is 26.2 Å². The molecule has 0 radical (unpaired) electrons. The Morgan fingerprint density at radius 3 is 2.59 bits per heavy atom. The summed E-state index contributed by atoms with van der Waals surface area (Å²) in [5.74, 6) is -0.359. The van der Waals surface area contributed by atoms with Gasteiger partial charge in [0.1, 0.15) is 5.82 Å². The van der Waals surface area contributed by atoms with E-state index in [2.05, 4.69) is 10.3 Å². The lowest BCUT2D eigenvalue weighted by atomic mass is 10.00. The Bertz CT molecular complexity index is 1090. The third-order valence-corrected chi connectivity index (χ3v) is 5.37. The van der Waals surface area contributed by atoms with Crippen LogP contribution in [-0.4, -0.2) is 40.0 Å². The average molecular weight is 389 g/mol. The first-order chi connectivity index (χ1) is 14.0. The summed E-state index contributed by atoms with van der Waals surface area (Å²) in [5.41, 5.74) is 2.46. The van der Waals surface area contributed by atoms with Crippen molar-refractivity contribution >= 4 is 34.2 Å². The fourth-order valence-corrected chi connectivity index (χ4v) is 3.88. The van der Waals surface area contributed by atoms with Gasteiger partial charge in [-0.15, -0.1) is 0 Å². The van der Waals surface area contributed by atoms with Crippen LogP contribution in [0.1, 0.15) is 45.5 Å². The number of amides is 1. The number of carbonyl (C=O) groups excluding carboxylic acids is 1. The van der Waals surface area contributed by atoms with Crippen molar-refractivity contribution in [1.29, 1.82) is 0 Å². The highest BCUT2D eigenvalue weighted by molar-refractivity contribution is 6.10. The number of carboxylic acid groups (broad SMARTS) is 1. The number of piperidine rings is 1. The van der Waals surface area contributed by atoms with E-state index in [-0.39, 0.29) is 11.5 Å². The normalized spacial score (nSPS) is 14.0. The minimum atomic E-state index is -0.982. The summed E-state index contributed by atoms with van der Waals surface area (Å²) in [7, 11) is 0. The third-order valence-electron chi connectivity index (χ3n) is 5.37. The number of anilines is 2. The number of fused-ring (bicyclic) bond motifs is 1. The molecule has 0 saturated carbocycles. The Kier molecular flexibility index (Phi) is 5.16. The van der Waals surface area contributed by atoms with E-state index in [1.807, 2.05) is 30.0 Å². The first-order valence-electron chi connectivity index (χ1n) is 9.82. The number of nitrogens with one attached hydrogen (secondary N) is 1. The van der Waals surface area contributed by atoms with Crippen LogP contribution in [0.5, 0.6) is 0 Å². The number of nitrogens with zero attached hydrogens (tertiary/aromatic N) is 2. The predicted octanol–water partition coefficient (Wildman–Crippen LogP) is 4.61. The van der Waals surface area contributed by atoms with Crippen molar-refractivity contribution in [2.75, 3.05) is 18.4 Å². The summed E-state index contributed by atoms with van der Waals surface area (Å²) in [6.45, 7) is 3.56. The maximum Gasteiger partial charge on any atom is 0.335 e. The van der Waals surface area contributed by atoms with Gasteiger partial charge in [0.2, 0.25) is 0 Å². The molecule has 3 aromatic rings. The number of hydrogen-bond acceptors (Lipinski definition) is 4. The second-order valence-electron chi connectivity index (χ2n) is 7.38. The van der Waals surface area contributed by atoms with Crippen LogP contribution in [0.4, 0.5) is 11.5 Å². The Hall–Kier alpha value is -3.41. The highest BCUT2D eigenvalue weighted by atomic mass is 16.4. The van der Waals surface area contributed by atoms with Gasteiger partial charge in [-0.25, -0.2) is 9.78 Å². The van der Waals surface area contributed by atoms with Crippen LogP contribution in [0.2, 0.25) is 0 Å². The molecule has 29 heavy (non-hydrogen) atoms. The highest BCUT2D eigenvalue weighted by Gasteiger charge is 2.22. The van der Waals surface area contributed by atoms with Gasteiger partial charge >= 0.3 is 5.97 Å². The summed E-state index contributed by atoms with van der Waals surface area (Å²) < 4.78 is 0. The quantitative estimate of drug-likeness (QED) is 0.681. The molecule has 2 heterocycles. The van der Waals surface area contributed by atoms with Crippen LogP contribution < -0.4 is 5.32 Å². The van der Waals surface area contributed by atoms with E-state index >= 15 is 0 Å². The second-order valence-corrected chi connectivity index (χ2v) is 7.38. The standard InChI is InChI=1S/C23H23N3O3/c1-15-7-5-10-18-20(15)19(22(27)26-11-3-2-4-12-26)14-24-21(18)25-17-9-6-8-16(13-17)23(28)29/h5-10,13-14H,2-4,11-12H2,1H3,(H,24,25)(H,28,29). The van der Waals surface area contributed by atoms with E-state index in [0.29, 0.717) is 17.1 Å². The Morgan fingerprint density at radius 2 is 1.83 bits per heavy atom. The summed E-state index contributed by atoms with van der Waals surface area (Å²) in [6, 6.07) is 12.5. The molecule has 1 fully saturated rings. The molecule has 0 spiro atoms. The first-order valence-corrected chi connectivity index (χ1v) is 9.82. The molecule has 6 nitrogen and oxygen atoms in total. The number of benzene rings is 2. The number of aromatic nitrogens is 1. The van der Waals surface area contributed by atoms with E-state index in [4.69, 9.17) is 0 Å². The lowest BCUT2D eigenvalue weighted by Gasteiger charge is -2.27. The molecule has 1 amide bonds. The van der Waals surface area contributed by atoms with Crippen molar-refractivity contribution in [3.8, 4) is 0 Å². The van der Waals surface area contributed by atoms with E-state index < -0.39 is 5.97 Å². The van der Waals surface area contributed by atoms with Crippen molar-refractivity contribution in [2.24, 2.45) is 0 Å². The molecular formula is C23H23N3O3. The molecule has 0 bridgehead atoms. The molecule has 2 aromatic carbocycles. The fraction of sp³-hybridized carbons (Fsp3) is 0.261. The number of carboxylic acids is 1. The molecule has 1 saturated heterocycles. The van der Waals surface area contributed by atoms with Crippen molar-refractivity contribution < 1.29 is 14.7 Å². The highest BCUT2D eigenvalue weighted by Crippen LogP contribution is 2.30. The zero-order chi connectivity index (χ0) is 20.4. The van der Waals surface area contributed by atoms with Crippen molar-refractivity contribution in [1.82, 2.24) is 9.88 Å². The van der Waals surface area contributed by atoms with E-state index in [0.717, 1.165) is 42.3 Å². The molecule has 0 unspecified atom stereocenters. The van der Waals surface area contributed by atoms with Gasteiger partial charge in [0, 0.05) is 35.7 Å². The minimum Gasteiger partial charge on any atom is -0.478 e. The van der Waals surface area contributed by atoms with Gasteiger partial charge in [0.15, 0.2) is 0 Å². The number of hydrogen-bond donors (Lipinski definition) is 2. The maximum absolute atomic E-state index is 13.2. The molecule has 6 heteroatoms. The van der Waals surface area contributed by atoms with Gasteiger partial charge in [-0.05, 0) is 49.9 Å². The zero-order valence-corrected chi connectivity index (χ0v) is 16.3. The molecule has 148 valence electrons. The minimum absolute atomic E-state index is 0.0240. The Balaban J connectivity index is 1.75. The third kappa shape index (κ3) is 3.78. The number of carbonyl (C=O) groups is 2. The van der Waals surface area contributed by atoms with E-state index in [1.165, 1.54) is 6.42 Å². The van der Waals surface area contributed by atoms with Gasteiger partial charge in [-0.3, -0.25) is 4.79 Å². The van der Waals surface area contributed by atoms with Crippen LogP contribution in [0.15, 0.2) is 48.7 Å². The SMILES string of the molecule is Cc1cccc2c(Nc3cccc(C(=O)O)c3)ncc(C(=O)N3CCCCC3)c12. The smallest absolute Gasteiger partial charge is 0.335 e. The molecule has 1 aliphatic rings. The summed E-state index contributed by atoms with van der Waals surface area (Å²) >= 11 is 0. The van der Waals surface area contributed by atoms with Crippen molar-refractivity contribution in [3.05, 3.63) is 65.4 Å². The molecule has 0 aliphatic carbocycles. The van der Waals surface area contributed by atoms with Gasteiger partial charge in [0.05, 0.1) is 11.1 Å². The van der Waals surface area contributed by atoms with Crippen LogP contribution in [0.3, 0.4) is 0 Å². The molecule has 1 aliphatic heterocycles. The van der Waals surface area contributed by atoms with Crippen LogP contribution in [-0.2, 0) is 0 Å². The van der Waals surface area contributed by atoms with Gasteiger partial charge in [0.25, 0.3) is 5.91 Å². The Labute approximate surface area is 169 Å². The lowest BCUT2D eigenvalue weighted by molar-refractivity contribution is 0.0694. The first kappa shape index (κ1) is 18.9. The molecular weight excluding hydrogens is 366 g/mol. The molecule has 0 atom stereocenters. The van der Waals surface area contributed by atoms with E-state index in [1.54, 1.807) is 30.5 Å². The van der Waals surface area contributed by atoms with Gasteiger partial charge < -0.3 is 15.3 Å². The van der Waals surface area contributed by atoms with E-state index in [9.17, 15) is 14.7 Å². The summed E-state index contributed by atoms with van der Waals surface area (Å²) in [4.78, 5) is 30.8. The van der Waals surface area contributed by atoms with Crippen LogP contribution in [0.25, 0.3) is 10.8 Å². The Morgan fingerprint density at radius 1 is 1.07 bits per heavy atom. The van der Waals surface area contributed by atoms with Gasteiger partial charge in [-0.2, -0.15) is 0 Å². The van der Waals surface area contributed by atoms with Gasteiger partial charge in [-0.1, -0.05) is 24.3 Å². The largest absolute Gasteiger partial charge is 0.478 e. The monoisotopic (exact) mass is 389 g/mol. The molecule has 2 N–H and O–H groups in total. The predicted molar refractivity (Wildman–Crippen MR) is 113 cm³/mol. The number of pyridine rings is 1.